The lowest BCUT2D eigenvalue weighted by Crippen LogP contribution is -2.59. The number of likely N-dealkylation sites (tertiary alicyclic amines) is 1. The summed E-state index contributed by atoms with van der Waals surface area (Å²) < 4.78 is 11.7. The molecule has 4 rings (SSSR count). The lowest BCUT2D eigenvalue weighted by atomic mass is 9.70. The highest BCUT2D eigenvalue weighted by Crippen LogP contribution is 2.59. The first kappa shape index (κ1) is 25.4. The Kier molecular flexibility index (Phi) is 7.06. The molecule has 1 aromatic carbocycles. The number of carbonyl (C=O) groups excluding carboxylic acids is 3. The van der Waals surface area contributed by atoms with Gasteiger partial charge in [-0.25, -0.2) is 0 Å². The Hall–Kier alpha value is -2.71. The molecular weight excluding hydrogens is 448 g/mol. The highest BCUT2D eigenvalue weighted by molar-refractivity contribution is 6.05. The largest absolute Gasteiger partial charge is 0.466 e. The van der Waals surface area contributed by atoms with Gasteiger partial charge >= 0.3 is 5.97 Å². The summed E-state index contributed by atoms with van der Waals surface area (Å²) in [6, 6.07) is 4.38. The van der Waals surface area contributed by atoms with Gasteiger partial charge in [-0.3, -0.25) is 14.4 Å². The first-order valence-electron chi connectivity index (χ1n) is 12.5. The molecule has 8 nitrogen and oxygen atoms in total. The molecule has 35 heavy (non-hydrogen) atoms. The minimum Gasteiger partial charge on any atom is -0.466 e. The van der Waals surface area contributed by atoms with Crippen molar-refractivity contribution >= 4 is 23.5 Å². The standard InChI is InChI=1S/C27H36N2O6/c1-6-13-28(19-14-16(4)9-10-17(19)5)25(32)23-27-12-11-20(35-27)21(26(33)34-8-3)22(27)24(31)29(23)18(7-2)15-30/h6,9-10,14,18,20-23,30H,1,7-8,11-13,15H2,2-5H3/t18-,20-,21+,22+,23-,27+/m0/s1. The molecule has 0 aliphatic carbocycles. The molecule has 2 bridgehead atoms. The number of hydrogen-bond acceptors (Lipinski definition) is 6. The Morgan fingerprint density at radius 3 is 2.74 bits per heavy atom. The van der Waals surface area contributed by atoms with Crippen LogP contribution >= 0.6 is 0 Å². The van der Waals surface area contributed by atoms with Gasteiger partial charge in [0, 0.05) is 12.2 Å². The lowest BCUT2D eigenvalue weighted by Gasteiger charge is -2.39. The number of rotatable bonds is 9. The number of aryl methyl sites for hydroxylation is 2. The van der Waals surface area contributed by atoms with Crippen molar-refractivity contribution in [2.24, 2.45) is 11.8 Å². The molecule has 1 aromatic rings. The fourth-order valence-corrected chi connectivity index (χ4v) is 6.28. The van der Waals surface area contributed by atoms with E-state index in [1.54, 1.807) is 17.9 Å². The van der Waals surface area contributed by atoms with Gasteiger partial charge in [-0.05, 0) is 57.2 Å². The van der Waals surface area contributed by atoms with E-state index < -0.39 is 41.6 Å². The first-order valence-corrected chi connectivity index (χ1v) is 12.5. The van der Waals surface area contributed by atoms with Crippen LogP contribution in [-0.4, -0.2) is 71.3 Å². The van der Waals surface area contributed by atoms with Gasteiger partial charge in [-0.2, -0.15) is 0 Å². The third-order valence-corrected chi connectivity index (χ3v) is 7.84. The zero-order valence-electron chi connectivity index (χ0n) is 21.0. The number of ether oxygens (including phenoxy) is 2. The van der Waals surface area contributed by atoms with E-state index >= 15 is 0 Å². The summed E-state index contributed by atoms with van der Waals surface area (Å²) in [5.74, 6) is -2.61. The smallest absolute Gasteiger partial charge is 0.312 e. The van der Waals surface area contributed by atoms with Crippen LogP contribution in [0.5, 0.6) is 0 Å². The van der Waals surface area contributed by atoms with E-state index in [1.807, 2.05) is 39.0 Å². The molecular formula is C27H36N2O6. The first-order chi connectivity index (χ1) is 16.7. The van der Waals surface area contributed by atoms with E-state index in [4.69, 9.17) is 9.47 Å². The Balaban J connectivity index is 1.83. The summed E-state index contributed by atoms with van der Waals surface area (Å²) >= 11 is 0. The minimum absolute atomic E-state index is 0.204. The summed E-state index contributed by atoms with van der Waals surface area (Å²) in [4.78, 5) is 44.4. The summed E-state index contributed by atoms with van der Waals surface area (Å²) in [7, 11) is 0. The molecule has 3 heterocycles. The Labute approximate surface area is 206 Å². The molecule has 0 aromatic heterocycles. The van der Waals surface area contributed by atoms with Crippen molar-refractivity contribution in [3.8, 4) is 0 Å². The molecule has 3 aliphatic rings. The number of benzene rings is 1. The van der Waals surface area contributed by atoms with Crippen molar-refractivity contribution in [1.29, 1.82) is 0 Å². The van der Waals surface area contributed by atoms with Gasteiger partial charge in [0.15, 0.2) is 0 Å². The third kappa shape index (κ3) is 3.87. The second-order valence-electron chi connectivity index (χ2n) is 9.83. The zero-order valence-corrected chi connectivity index (χ0v) is 21.0. The van der Waals surface area contributed by atoms with E-state index in [9.17, 15) is 19.5 Å². The maximum atomic E-state index is 14.4. The van der Waals surface area contributed by atoms with Crippen molar-refractivity contribution < 1.29 is 29.0 Å². The van der Waals surface area contributed by atoms with Crippen LogP contribution in [0.15, 0.2) is 30.9 Å². The Bertz CT molecular complexity index is 1020. The summed E-state index contributed by atoms with van der Waals surface area (Å²) in [5.41, 5.74) is 1.54. The molecule has 0 unspecified atom stereocenters. The quantitative estimate of drug-likeness (QED) is 0.428. The average Bonchev–Trinajstić information content (AvgIpc) is 3.48. The van der Waals surface area contributed by atoms with Gasteiger partial charge in [0.2, 0.25) is 5.91 Å². The van der Waals surface area contributed by atoms with Gasteiger partial charge in [-0.1, -0.05) is 25.1 Å². The van der Waals surface area contributed by atoms with Crippen LogP contribution in [0.25, 0.3) is 0 Å². The van der Waals surface area contributed by atoms with E-state index in [1.165, 1.54) is 4.90 Å². The summed E-state index contributed by atoms with van der Waals surface area (Å²) in [5, 5.41) is 10.2. The van der Waals surface area contributed by atoms with Crippen molar-refractivity contribution in [2.45, 2.75) is 70.7 Å². The monoisotopic (exact) mass is 484 g/mol. The number of hydrogen-bond donors (Lipinski definition) is 1. The molecule has 0 saturated carbocycles. The lowest BCUT2D eigenvalue weighted by molar-refractivity contribution is -0.155. The number of fused-ring (bicyclic) bond motifs is 1. The number of amides is 2. The molecule has 3 aliphatic heterocycles. The third-order valence-electron chi connectivity index (χ3n) is 7.84. The Morgan fingerprint density at radius 2 is 2.11 bits per heavy atom. The van der Waals surface area contributed by atoms with Gasteiger partial charge in [0.05, 0.1) is 37.2 Å². The average molecular weight is 485 g/mol. The van der Waals surface area contributed by atoms with Crippen molar-refractivity contribution in [1.82, 2.24) is 4.90 Å². The minimum atomic E-state index is -1.13. The van der Waals surface area contributed by atoms with E-state index in [0.29, 0.717) is 19.3 Å². The highest BCUT2D eigenvalue weighted by atomic mass is 16.6. The van der Waals surface area contributed by atoms with E-state index in [2.05, 4.69) is 6.58 Å². The van der Waals surface area contributed by atoms with Crippen LogP contribution in [0.2, 0.25) is 0 Å². The second-order valence-corrected chi connectivity index (χ2v) is 9.83. The van der Waals surface area contributed by atoms with Gasteiger partial charge < -0.3 is 24.4 Å². The molecule has 3 fully saturated rings. The molecule has 0 radical (unpaired) electrons. The number of esters is 1. The maximum Gasteiger partial charge on any atom is 0.312 e. The molecule has 8 heteroatoms. The summed E-state index contributed by atoms with van der Waals surface area (Å²) in [6.07, 6.45) is 2.74. The zero-order chi connectivity index (χ0) is 25.5. The fraction of sp³-hybridized carbons (Fsp3) is 0.593. The molecule has 2 amide bonds. The topological polar surface area (TPSA) is 96.4 Å². The normalized spacial score (nSPS) is 29.7. The number of aliphatic hydroxyl groups excluding tert-OH is 1. The fourth-order valence-electron chi connectivity index (χ4n) is 6.28. The van der Waals surface area contributed by atoms with Gasteiger partial charge in [-0.15, -0.1) is 6.58 Å². The predicted molar refractivity (Wildman–Crippen MR) is 131 cm³/mol. The molecule has 6 atom stereocenters. The van der Waals surface area contributed by atoms with Gasteiger partial charge in [0.1, 0.15) is 11.6 Å². The second kappa shape index (κ2) is 9.74. The van der Waals surface area contributed by atoms with Crippen LogP contribution in [0.3, 0.4) is 0 Å². The van der Waals surface area contributed by atoms with Crippen LogP contribution in [0.4, 0.5) is 5.69 Å². The predicted octanol–water partition coefficient (Wildman–Crippen LogP) is 2.53. The SMILES string of the molecule is C=CCN(C(=O)[C@@H]1N([C@@H](CC)CO)C(=O)[C@H]2[C@H](C(=O)OCC)[C@@H]3CC[C@]12O3)c1cc(C)ccc1C. The molecule has 190 valence electrons. The number of aliphatic hydroxyl groups is 1. The molecule has 3 saturated heterocycles. The number of nitrogens with zero attached hydrogens (tertiary/aromatic N) is 2. The maximum absolute atomic E-state index is 14.4. The Morgan fingerprint density at radius 1 is 1.37 bits per heavy atom. The van der Waals surface area contributed by atoms with Crippen molar-refractivity contribution in [3.05, 3.63) is 42.0 Å². The summed E-state index contributed by atoms with van der Waals surface area (Å²) in [6.45, 7) is 11.5. The highest BCUT2D eigenvalue weighted by Gasteiger charge is 2.75. The van der Waals surface area contributed by atoms with Crippen LogP contribution in [0, 0.1) is 25.7 Å². The molecule has 1 spiro atoms. The van der Waals surface area contributed by atoms with E-state index in [-0.39, 0.29) is 31.6 Å². The van der Waals surface area contributed by atoms with E-state index in [0.717, 1.165) is 16.8 Å². The van der Waals surface area contributed by atoms with Gasteiger partial charge in [0.25, 0.3) is 5.91 Å². The van der Waals surface area contributed by atoms with Crippen LogP contribution < -0.4 is 4.90 Å². The number of anilines is 1. The molecule has 1 N–H and O–H groups in total. The van der Waals surface area contributed by atoms with Crippen molar-refractivity contribution in [3.63, 3.8) is 0 Å². The van der Waals surface area contributed by atoms with Crippen LogP contribution in [0.1, 0.15) is 44.2 Å². The van der Waals surface area contributed by atoms with Crippen molar-refractivity contribution in [2.75, 3.05) is 24.7 Å². The van der Waals surface area contributed by atoms with Crippen LogP contribution in [-0.2, 0) is 23.9 Å². The number of carbonyl (C=O) groups is 3.